The van der Waals surface area contributed by atoms with Crippen molar-refractivity contribution in [2.75, 3.05) is 45.2 Å². The average molecular weight is 248 g/mol. The van der Waals surface area contributed by atoms with Crippen molar-refractivity contribution in [3.05, 3.63) is 23.4 Å². The number of pyridine rings is 1. The van der Waals surface area contributed by atoms with Gasteiger partial charge in [-0.05, 0) is 45.6 Å². The predicted molar refractivity (Wildman–Crippen MR) is 76.1 cm³/mol. The second-order valence-corrected chi connectivity index (χ2v) is 5.09. The van der Waals surface area contributed by atoms with Gasteiger partial charge in [0.1, 0.15) is 5.82 Å². The van der Waals surface area contributed by atoms with Crippen LogP contribution in [0.1, 0.15) is 17.7 Å². The third kappa shape index (κ3) is 3.21. The minimum absolute atomic E-state index is 0.891. The van der Waals surface area contributed by atoms with E-state index in [2.05, 4.69) is 41.2 Å². The smallest absolute Gasteiger partial charge is 0.128 e. The molecular formula is C14H24N4. The van der Waals surface area contributed by atoms with Crippen LogP contribution in [0.4, 0.5) is 5.82 Å². The number of anilines is 1. The third-order valence-corrected chi connectivity index (χ3v) is 3.59. The molecule has 100 valence electrons. The molecule has 2 heterocycles. The van der Waals surface area contributed by atoms with Gasteiger partial charge in [0.05, 0.1) is 0 Å². The molecule has 1 aromatic rings. The fourth-order valence-electron chi connectivity index (χ4n) is 2.41. The highest BCUT2D eigenvalue weighted by molar-refractivity contribution is 5.41. The van der Waals surface area contributed by atoms with Gasteiger partial charge in [-0.25, -0.2) is 4.98 Å². The molecule has 0 radical (unpaired) electrons. The van der Waals surface area contributed by atoms with Crippen LogP contribution in [0.3, 0.4) is 0 Å². The number of aromatic nitrogens is 1. The fourth-order valence-corrected chi connectivity index (χ4v) is 2.41. The van der Waals surface area contributed by atoms with E-state index in [1.807, 2.05) is 7.05 Å². The lowest BCUT2D eigenvalue weighted by Crippen LogP contribution is -2.29. The Bertz CT molecular complexity index is 391. The van der Waals surface area contributed by atoms with Crippen molar-refractivity contribution in [2.45, 2.75) is 19.9 Å². The van der Waals surface area contributed by atoms with E-state index in [0.717, 1.165) is 37.7 Å². The Morgan fingerprint density at radius 1 is 1.22 bits per heavy atom. The zero-order valence-corrected chi connectivity index (χ0v) is 11.7. The maximum Gasteiger partial charge on any atom is 0.128 e. The predicted octanol–water partition coefficient (Wildman–Crippen LogP) is 1.25. The number of nitrogens with one attached hydrogen (secondary N) is 1. The summed E-state index contributed by atoms with van der Waals surface area (Å²) in [5.41, 5.74) is 2.42. The minimum atomic E-state index is 0.891. The van der Waals surface area contributed by atoms with Crippen molar-refractivity contribution < 1.29 is 0 Å². The molecule has 0 aliphatic carbocycles. The summed E-state index contributed by atoms with van der Waals surface area (Å²) in [5.74, 6) is 1.13. The van der Waals surface area contributed by atoms with Crippen LogP contribution in [0.25, 0.3) is 0 Å². The van der Waals surface area contributed by atoms with Gasteiger partial charge < -0.3 is 15.1 Å². The van der Waals surface area contributed by atoms with E-state index in [0.29, 0.717) is 0 Å². The van der Waals surface area contributed by atoms with Gasteiger partial charge in [0.2, 0.25) is 0 Å². The number of hydrogen-bond donors (Lipinski definition) is 1. The van der Waals surface area contributed by atoms with Gasteiger partial charge in [0.15, 0.2) is 0 Å². The lowest BCUT2D eigenvalue weighted by Gasteiger charge is -2.22. The van der Waals surface area contributed by atoms with Crippen LogP contribution in [0.15, 0.2) is 12.1 Å². The molecule has 0 saturated carbocycles. The summed E-state index contributed by atoms with van der Waals surface area (Å²) in [6, 6.07) is 4.35. The zero-order valence-electron chi connectivity index (χ0n) is 11.7. The molecule has 1 aliphatic rings. The molecule has 0 aromatic carbocycles. The summed E-state index contributed by atoms with van der Waals surface area (Å²) in [6.07, 6.45) is 1.22. The van der Waals surface area contributed by atoms with Gasteiger partial charge in [0.25, 0.3) is 0 Å². The lowest BCUT2D eigenvalue weighted by atomic mass is 10.2. The number of likely N-dealkylation sites (N-methyl/N-ethyl adjacent to an activating group) is 1. The number of hydrogen-bond acceptors (Lipinski definition) is 4. The number of nitrogens with zero attached hydrogens (tertiary/aromatic N) is 3. The maximum atomic E-state index is 4.75. The summed E-state index contributed by atoms with van der Waals surface area (Å²) >= 11 is 0. The first-order chi connectivity index (χ1) is 8.70. The molecule has 0 bridgehead atoms. The van der Waals surface area contributed by atoms with Gasteiger partial charge >= 0.3 is 0 Å². The minimum Gasteiger partial charge on any atom is -0.355 e. The quantitative estimate of drug-likeness (QED) is 0.872. The molecule has 1 saturated heterocycles. The van der Waals surface area contributed by atoms with Gasteiger partial charge in [-0.15, -0.1) is 0 Å². The Balaban J connectivity index is 2.10. The van der Waals surface area contributed by atoms with Crippen molar-refractivity contribution in [1.82, 2.24) is 15.2 Å². The van der Waals surface area contributed by atoms with Crippen molar-refractivity contribution in [1.29, 1.82) is 0 Å². The Morgan fingerprint density at radius 2 is 2.06 bits per heavy atom. The Kier molecular flexibility index (Phi) is 4.55. The normalized spacial score (nSPS) is 17.8. The molecule has 18 heavy (non-hydrogen) atoms. The first-order valence-corrected chi connectivity index (χ1v) is 6.75. The largest absolute Gasteiger partial charge is 0.355 e. The van der Waals surface area contributed by atoms with E-state index in [9.17, 15) is 0 Å². The Hall–Kier alpha value is -1.13. The van der Waals surface area contributed by atoms with E-state index in [4.69, 9.17) is 4.98 Å². The summed E-state index contributed by atoms with van der Waals surface area (Å²) in [5, 5.41) is 3.18. The second kappa shape index (κ2) is 6.16. The van der Waals surface area contributed by atoms with Gasteiger partial charge in [-0.1, -0.05) is 6.07 Å². The maximum absolute atomic E-state index is 4.75. The van der Waals surface area contributed by atoms with Crippen LogP contribution >= 0.6 is 0 Å². The summed E-state index contributed by atoms with van der Waals surface area (Å²) in [6.45, 7) is 7.49. The van der Waals surface area contributed by atoms with Gasteiger partial charge in [0, 0.05) is 31.9 Å². The SMILES string of the molecule is CNCc1ccc(N2CCCN(C)CC2)nc1C. The van der Waals surface area contributed by atoms with Crippen molar-refractivity contribution in [2.24, 2.45) is 0 Å². The highest BCUT2D eigenvalue weighted by Crippen LogP contribution is 2.16. The molecule has 4 nitrogen and oxygen atoms in total. The molecule has 1 aliphatic heterocycles. The van der Waals surface area contributed by atoms with Crippen LogP contribution < -0.4 is 10.2 Å². The van der Waals surface area contributed by atoms with Crippen molar-refractivity contribution >= 4 is 5.82 Å². The first kappa shape index (κ1) is 13.3. The molecule has 4 heteroatoms. The average Bonchev–Trinajstić information content (AvgIpc) is 2.57. The second-order valence-electron chi connectivity index (χ2n) is 5.09. The van der Waals surface area contributed by atoms with Crippen molar-refractivity contribution in [3.8, 4) is 0 Å². The van der Waals surface area contributed by atoms with Crippen molar-refractivity contribution in [3.63, 3.8) is 0 Å². The van der Waals surface area contributed by atoms with E-state index in [-0.39, 0.29) is 0 Å². The van der Waals surface area contributed by atoms with E-state index < -0.39 is 0 Å². The van der Waals surface area contributed by atoms with E-state index >= 15 is 0 Å². The molecule has 0 unspecified atom stereocenters. The topological polar surface area (TPSA) is 31.4 Å². The van der Waals surface area contributed by atoms with Crippen LogP contribution in [0, 0.1) is 6.92 Å². The first-order valence-electron chi connectivity index (χ1n) is 6.75. The molecule has 0 atom stereocenters. The molecule has 1 fully saturated rings. The summed E-state index contributed by atoms with van der Waals surface area (Å²) < 4.78 is 0. The van der Waals surface area contributed by atoms with Crippen LogP contribution in [0.2, 0.25) is 0 Å². The van der Waals surface area contributed by atoms with Gasteiger partial charge in [-0.3, -0.25) is 0 Å². The standard InChI is InChI=1S/C14H24N4/c1-12-13(11-15-2)5-6-14(16-12)18-8-4-7-17(3)9-10-18/h5-6,15H,4,7-11H2,1-3H3. The Morgan fingerprint density at radius 3 is 2.78 bits per heavy atom. The van der Waals surface area contributed by atoms with E-state index in [1.165, 1.54) is 18.5 Å². The van der Waals surface area contributed by atoms with E-state index in [1.54, 1.807) is 0 Å². The Labute approximate surface area is 110 Å². The third-order valence-electron chi connectivity index (χ3n) is 3.59. The monoisotopic (exact) mass is 248 g/mol. The highest BCUT2D eigenvalue weighted by Gasteiger charge is 2.14. The molecule has 0 spiro atoms. The van der Waals surface area contributed by atoms with Gasteiger partial charge in [-0.2, -0.15) is 0 Å². The van der Waals surface area contributed by atoms with Crippen LogP contribution in [-0.2, 0) is 6.54 Å². The molecule has 0 amide bonds. The number of aryl methyl sites for hydroxylation is 1. The fraction of sp³-hybridized carbons (Fsp3) is 0.643. The highest BCUT2D eigenvalue weighted by atomic mass is 15.2. The molecule has 1 N–H and O–H groups in total. The molecule has 1 aromatic heterocycles. The molecular weight excluding hydrogens is 224 g/mol. The number of rotatable bonds is 3. The lowest BCUT2D eigenvalue weighted by molar-refractivity contribution is 0.360. The zero-order chi connectivity index (χ0) is 13.0. The summed E-state index contributed by atoms with van der Waals surface area (Å²) in [7, 11) is 4.16. The van der Waals surface area contributed by atoms with Crippen LogP contribution in [0.5, 0.6) is 0 Å². The molecule has 2 rings (SSSR count). The summed E-state index contributed by atoms with van der Waals surface area (Å²) in [4.78, 5) is 9.54. The van der Waals surface area contributed by atoms with Crippen LogP contribution in [-0.4, -0.2) is 50.2 Å².